The zero-order valence-corrected chi connectivity index (χ0v) is 18.6. The number of sulfonamides is 1. The van der Waals surface area contributed by atoms with E-state index >= 15 is 0 Å². The van der Waals surface area contributed by atoms with Crippen molar-refractivity contribution in [2.24, 2.45) is 0 Å². The second-order valence-corrected chi connectivity index (χ2v) is 8.97. The summed E-state index contributed by atoms with van der Waals surface area (Å²) in [6.45, 7) is 1.36. The van der Waals surface area contributed by atoms with Gasteiger partial charge in [0.15, 0.2) is 0 Å². The molecule has 0 aliphatic carbocycles. The van der Waals surface area contributed by atoms with E-state index in [-0.39, 0.29) is 21.8 Å². The first-order valence-corrected chi connectivity index (χ1v) is 11.4. The van der Waals surface area contributed by atoms with Crippen LogP contribution in [0, 0.1) is 0 Å². The van der Waals surface area contributed by atoms with Gasteiger partial charge in [-0.2, -0.15) is 17.9 Å². The van der Waals surface area contributed by atoms with Crippen molar-refractivity contribution < 1.29 is 31.2 Å². The van der Waals surface area contributed by atoms with Gasteiger partial charge in [-0.05, 0) is 55.5 Å². The van der Waals surface area contributed by atoms with Crippen molar-refractivity contribution in [2.45, 2.75) is 24.0 Å². The number of alkyl halides is 3. The standard InChI is InChI=1S/C23H20F3N3O4S/c1-15(29-34(32,33)20-11-3-2-4-12-20)21(30)27-18-9-5-7-16(13-18)22(31)28-19-10-6-8-17(14-19)23(24,25)26/h2-15,29H,1H3,(H,27,30)(H,28,31)/t15-/m0/s1. The number of hydrogen-bond acceptors (Lipinski definition) is 4. The number of halogens is 3. The Kier molecular flexibility index (Phi) is 7.38. The molecule has 0 aliphatic heterocycles. The third-order valence-corrected chi connectivity index (χ3v) is 6.18. The molecule has 3 N–H and O–H groups in total. The minimum absolute atomic E-state index is 0.00270. The van der Waals surface area contributed by atoms with Crippen molar-refractivity contribution in [3.63, 3.8) is 0 Å². The van der Waals surface area contributed by atoms with Gasteiger partial charge in [0, 0.05) is 16.9 Å². The Balaban J connectivity index is 1.67. The Morgan fingerprint density at radius 2 is 1.44 bits per heavy atom. The molecule has 3 aromatic carbocycles. The lowest BCUT2D eigenvalue weighted by molar-refractivity contribution is -0.137. The number of nitrogens with one attached hydrogen (secondary N) is 3. The van der Waals surface area contributed by atoms with Crippen LogP contribution in [0.2, 0.25) is 0 Å². The number of benzene rings is 3. The summed E-state index contributed by atoms with van der Waals surface area (Å²) in [5.74, 6) is -1.36. The maximum absolute atomic E-state index is 12.9. The van der Waals surface area contributed by atoms with Gasteiger partial charge >= 0.3 is 6.18 Å². The molecule has 0 saturated carbocycles. The van der Waals surface area contributed by atoms with Crippen LogP contribution in [0.5, 0.6) is 0 Å². The molecule has 2 amide bonds. The Hall–Kier alpha value is -3.70. The summed E-state index contributed by atoms with van der Waals surface area (Å²) >= 11 is 0. The molecule has 0 fully saturated rings. The van der Waals surface area contributed by atoms with E-state index in [1.807, 2.05) is 0 Å². The van der Waals surface area contributed by atoms with Crippen LogP contribution in [0.1, 0.15) is 22.8 Å². The zero-order valence-electron chi connectivity index (χ0n) is 17.8. The lowest BCUT2D eigenvalue weighted by Crippen LogP contribution is -2.41. The first kappa shape index (κ1) is 24.9. The Morgan fingerprint density at radius 3 is 2.09 bits per heavy atom. The summed E-state index contributed by atoms with van der Waals surface area (Å²) in [6.07, 6.45) is -4.55. The SMILES string of the molecule is C[C@H](NS(=O)(=O)c1ccccc1)C(=O)Nc1cccc(C(=O)Nc2cccc(C(F)(F)F)c2)c1. The molecule has 0 bridgehead atoms. The van der Waals surface area contributed by atoms with Gasteiger partial charge < -0.3 is 10.6 Å². The van der Waals surface area contributed by atoms with E-state index in [4.69, 9.17) is 0 Å². The predicted octanol–water partition coefficient (Wildman–Crippen LogP) is 4.26. The van der Waals surface area contributed by atoms with Gasteiger partial charge in [-0.3, -0.25) is 9.59 Å². The molecular formula is C23H20F3N3O4S. The first-order valence-electron chi connectivity index (χ1n) is 9.92. The topological polar surface area (TPSA) is 104 Å². The summed E-state index contributed by atoms with van der Waals surface area (Å²) in [4.78, 5) is 25.0. The van der Waals surface area contributed by atoms with Crippen molar-refractivity contribution in [2.75, 3.05) is 10.6 Å². The van der Waals surface area contributed by atoms with Crippen molar-refractivity contribution >= 4 is 33.2 Å². The van der Waals surface area contributed by atoms with E-state index < -0.39 is 39.6 Å². The molecule has 7 nitrogen and oxygen atoms in total. The average molecular weight is 491 g/mol. The highest BCUT2D eigenvalue weighted by Gasteiger charge is 2.30. The number of amides is 2. The molecule has 1 atom stereocenters. The molecular weight excluding hydrogens is 471 g/mol. The number of hydrogen-bond donors (Lipinski definition) is 3. The van der Waals surface area contributed by atoms with E-state index in [0.29, 0.717) is 0 Å². The van der Waals surface area contributed by atoms with Gasteiger partial charge in [-0.15, -0.1) is 0 Å². The van der Waals surface area contributed by atoms with Crippen molar-refractivity contribution in [3.8, 4) is 0 Å². The average Bonchev–Trinajstić information content (AvgIpc) is 2.79. The predicted molar refractivity (Wildman–Crippen MR) is 121 cm³/mol. The van der Waals surface area contributed by atoms with E-state index in [2.05, 4.69) is 15.4 Å². The van der Waals surface area contributed by atoms with Crippen LogP contribution < -0.4 is 15.4 Å². The minimum Gasteiger partial charge on any atom is -0.325 e. The molecule has 34 heavy (non-hydrogen) atoms. The van der Waals surface area contributed by atoms with Gasteiger partial charge in [0.25, 0.3) is 5.91 Å². The lowest BCUT2D eigenvalue weighted by Gasteiger charge is -2.15. The molecule has 0 heterocycles. The normalized spacial score (nSPS) is 12.6. The third kappa shape index (κ3) is 6.42. The summed E-state index contributed by atoms with van der Waals surface area (Å²) in [5.41, 5.74) is -0.670. The zero-order chi connectivity index (χ0) is 24.9. The van der Waals surface area contributed by atoms with Crippen molar-refractivity contribution in [1.82, 2.24) is 4.72 Å². The van der Waals surface area contributed by atoms with Gasteiger partial charge in [-0.25, -0.2) is 8.42 Å². The minimum atomic E-state index is -4.55. The highest BCUT2D eigenvalue weighted by molar-refractivity contribution is 7.89. The first-order chi connectivity index (χ1) is 16.0. The van der Waals surface area contributed by atoms with Gasteiger partial charge in [0.1, 0.15) is 0 Å². The fourth-order valence-corrected chi connectivity index (χ4v) is 4.14. The van der Waals surface area contributed by atoms with Crippen molar-refractivity contribution in [3.05, 3.63) is 90.0 Å². The van der Waals surface area contributed by atoms with E-state index in [9.17, 15) is 31.2 Å². The number of carbonyl (C=O) groups is 2. The summed E-state index contributed by atoms with van der Waals surface area (Å²) in [5, 5.41) is 4.89. The number of carbonyl (C=O) groups excluding carboxylic acids is 2. The van der Waals surface area contributed by atoms with Crippen LogP contribution in [-0.4, -0.2) is 26.3 Å². The summed E-state index contributed by atoms with van der Waals surface area (Å²) in [7, 11) is -3.92. The van der Waals surface area contributed by atoms with E-state index in [1.54, 1.807) is 18.2 Å². The van der Waals surface area contributed by atoms with E-state index in [0.717, 1.165) is 12.1 Å². The molecule has 0 unspecified atom stereocenters. The van der Waals surface area contributed by atoms with Gasteiger partial charge in [0.2, 0.25) is 15.9 Å². The Morgan fingerprint density at radius 1 is 0.824 bits per heavy atom. The third-order valence-electron chi connectivity index (χ3n) is 4.62. The van der Waals surface area contributed by atoms with Crippen LogP contribution in [0.15, 0.2) is 83.8 Å². The molecule has 0 radical (unpaired) electrons. The van der Waals surface area contributed by atoms with Crippen molar-refractivity contribution in [1.29, 1.82) is 0 Å². The highest BCUT2D eigenvalue weighted by atomic mass is 32.2. The summed E-state index contributed by atoms with van der Waals surface area (Å²) in [6, 6.07) is 16.3. The smallest absolute Gasteiger partial charge is 0.325 e. The number of anilines is 2. The molecule has 0 aromatic heterocycles. The Bertz CT molecular complexity index is 1300. The molecule has 0 saturated heterocycles. The maximum Gasteiger partial charge on any atom is 0.416 e. The van der Waals surface area contributed by atoms with Gasteiger partial charge in [-0.1, -0.05) is 30.3 Å². The van der Waals surface area contributed by atoms with Gasteiger partial charge in [0.05, 0.1) is 16.5 Å². The van der Waals surface area contributed by atoms with Crippen LogP contribution >= 0.6 is 0 Å². The van der Waals surface area contributed by atoms with Crippen LogP contribution in [0.3, 0.4) is 0 Å². The van der Waals surface area contributed by atoms with Crippen LogP contribution in [-0.2, 0) is 21.0 Å². The van der Waals surface area contributed by atoms with Crippen LogP contribution in [0.25, 0.3) is 0 Å². The Labute approximate surface area is 194 Å². The molecule has 0 aliphatic rings. The largest absolute Gasteiger partial charge is 0.416 e. The monoisotopic (exact) mass is 491 g/mol. The van der Waals surface area contributed by atoms with E-state index in [1.165, 1.54) is 55.5 Å². The number of rotatable bonds is 7. The molecule has 3 aromatic rings. The lowest BCUT2D eigenvalue weighted by atomic mass is 10.1. The molecule has 3 rings (SSSR count). The maximum atomic E-state index is 12.9. The molecule has 178 valence electrons. The van der Waals surface area contributed by atoms with Crippen LogP contribution in [0.4, 0.5) is 24.5 Å². The summed E-state index contributed by atoms with van der Waals surface area (Å²) < 4.78 is 65.7. The highest BCUT2D eigenvalue weighted by Crippen LogP contribution is 2.30. The fourth-order valence-electron chi connectivity index (χ4n) is 2.92. The fraction of sp³-hybridized carbons (Fsp3) is 0.130. The molecule has 0 spiro atoms. The second-order valence-electron chi connectivity index (χ2n) is 7.26. The second kappa shape index (κ2) is 10.1. The molecule has 11 heteroatoms. The quantitative estimate of drug-likeness (QED) is 0.459.